The molecule has 0 radical (unpaired) electrons. The van der Waals surface area contributed by atoms with Gasteiger partial charge in [-0.25, -0.2) is 4.98 Å². The first-order valence-electron chi connectivity index (χ1n) is 5.84. The third kappa shape index (κ3) is 2.69. The summed E-state index contributed by atoms with van der Waals surface area (Å²) < 4.78 is 0. The maximum Gasteiger partial charge on any atom is 0.252 e. The summed E-state index contributed by atoms with van der Waals surface area (Å²) in [5.41, 5.74) is -1.57. The van der Waals surface area contributed by atoms with Gasteiger partial charge < -0.3 is 25.6 Å². The molecule has 1 saturated carbocycles. The lowest BCUT2D eigenvalue weighted by molar-refractivity contribution is 0.0830. The van der Waals surface area contributed by atoms with Gasteiger partial charge in [-0.2, -0.15) is 0 Å². The Labute approximate surface area is 104 Å². The molecule has 0 unspecified atom stereocenters. The second kappa shape index (κ2) is 5.05. The summed E-state index contributed by atoms with van der Waals surface area (Å²) in [4.78, 5) is 18.4. The monoisotopic (exact) mass is 255 g/mol. The van der Waals surface area contributed by atoms with E-state index in [0.29, 0.717) is 5.82 Å². The molecule has 0 aromatic carbocycles. The van der Waals surface area contributed by atoms with Crippen molar-refractivity contribution in [3.8, 4) is 0 Å². The number of H-pyrrole nitrogens is 1. The molecular weight excluding hydrogens is 238 g/mol. The smallest absolute Gasteiger partial charge is 0.252 e. The molecule has 1 heterocycles. The zero-order valence-corrected chi connectivity index (χ0v) is 9.89. The Kier molecular flexibility index (Phi) is 3.65. The van der Waals surface area contributed by atoms with E-state index in [1.54, 1.807) is 0 Å². The van der Waals surface area contributed by atoms with Gasteiger partial charge in [-0.1, -0.05) is 0 Å². The molecule has 5 N–H and O–H groups in total. The summed E-state index contributed by atoms with van der Waals surface area (Å²) in [6, 6.07) is 1.24. The van der Waals surface area contributed by atoms with Gasteiger partial charge in [0.15, 0.2) is 0 Å². The average Bonchev–Trinajstić information content (AvgIpc) is 3.20. The van der Waals surface area contributed by atoms with Gasteiger partial charge in [-0.05, 0) is 12.8 Å². The minimum atomic E-state index is -1.28. The van der Waals surface area contributed by atoms with Crippen molar-refractivity contribution in [3.05, 3.63) is 22.2 Å². The van der Waals surface area contributed by atoms with Crippen molar-refractivity contribution in [3.63, 3.8) is 0 Å². The standard InChI is InChI=1S/C11H17N3O4/c15-4-11(5-16,6-17)14-8-3-9(18)13-10(12-8)7-1-2-7/h3,7,15-17H,1-2,4-6H2,(H2,12,13,14,18). The maximum absolute atomic E-state index is 11.5. The Balaban J connectivity index is 2.24. The minimum absolute atomic E-state index is 0.248. The summed E-state index contributed by atoms with van der Waals surface area (Å²) >= 11 is 0. The molecule has 1 aromatic heterocycles. The molecule has 0 atom stereocenters. The van der Waals surface area contributed by atoms with Crippen LogP contribution in [0.4, 0.5) is 5.82 Å². The fourth-order valence-corrected chi connectivity index (χ4v) is 1.63. The zero-order chi connectivity index (χ0) is 13.2. The van der Waals surface area contributed by atoms with E-state index >= 15 is 0 Å². The summed E-state index contributed by atoms with van der Waals surface area (Å²) in [5.74, 6) is 1.14. The number of anilines is 1. The number of aliphatic hydroxyl groups excluding tert-OH is 3. The molecule has 0 saturated heterocycles. The van der Waals surface area contributed by atoms with E-state index in [2.05, 4.69) is 15.3 Å². The fraction of sp³-hybridized carbons (Fsp3) is 0.636. The second-order valence-corrected chi connectivity index (χ2v) is 4.67. The van der Waals surface area contributed by atoms with Gasteiger partial charge in [0.1, 0.15) is 17.2 Å². The molecule has 2 rings (SSSR count). The molecule has 1 fully saturated rings. The number of aliphatic hydroxyl groups is 3. The lowest BCUT2D eigenvalue weighted by Crippen LogP contribution is -2.49. The second-order valence-electron chi connectivity index (χ2n) is 4.67. The number of rotatable bonds is 6. The molecule has 0 amide bonds. The van der Waals surface area contributed by atoms with Crippen LogP contribution in [0.1, 0.15) is 24.6 Å². The van der Waals surface area contributed by atoms with Gasteiger partial charge in [-0.15, -0.1) is 0 Å². The Bertz CT molecular complexity index is 457. The lowest BCUT2D eigenvalue weighted by Gasteiger charge is -2.29. The third-order valence-corrected chi connectivity index (χ3v) is 3.03. The van der Waals surface area contributed by atoms with E-state index in [-0.39, 0.29) is 17.3 Å². The summed E-state index contributed by atoms with van der Waals surface area (Å²) in [7, 11) is 0. The van der Waals surface area contributed by atoms with Crippen molar-refractivity contribution in [2.24, 2.45) is 0 Å². The number of hydrogen-bond acceptors (Lipinski definition) is 6. The van der Waals surface area contributed by atoms with E-state index < -0.39 is 25.4 Å². The highest BCUT2D eigenvalue weighted by Gasteiger charge is 2.30. The van der Waals surface area contributed by atoms with Crippen LogP contribution in [0.5, 0.6) is 0 Å². The van der Waals surface area contributed by atoms with Crippen LogP contribution in [0.25, 0.3) is 0 Å². The SMILES string of the molecule is O=c1cc(NC(CO)(CO)CO)nc(C2CC2)[nH]1. The first-order valence-corrected chi connectivity index (χ1v) is 5.84. The molecule has 18 heavy (non-hydrogen) atoms. The Hall–Kier alpha value is -1.44. The van der Waals surface area contributed by atoms with Crippen molar-refractivity contribution in [2.45, 2.75) is 24.3 Å². The van der Waals surface area contributed by atoms with Gasteiger partial charge in [0.05, 0.1) is 19.8 Å². The molecular formula is C11H17N3O4. The quantitative estimate of drug-likeness (QED) is 0.434. The molecule has 100 valence electrons. The number of nitrogens with zero attached hydrogens (tertiary/aromatic N) is 1. The topological polar surface area (TPSA) is 118 Å². The molecule has 1 aliphatic carbocycles. The normalized spacial score (nSPS) is 15.7. The highest BCUT2D eigenvalue weighted by atomic mass is 16.3. The minimum Gasteiger partial charge on any atom is -0.394 e. The van der Waals surface area contributed by atoms with Crippen LogP contribution in [0, 0.1) is 0 Å². The van der Waals surface area contributed by atoms with Crippen molar-refractivity contribution in [1.29, 1.82) is 0 Å². The number of hydrogen-bond donors (Lipinski definition) is 5. The molecule has 1 aromatic rings. The van der Waals surface area contributed by atoms with E-state index in [1.807, 2.05) is 0 Å². The van der Waals surface area contributed by atoms with Crippen LogP contribution in [0.3, 0.4) is 0 Å². The molecule has 7 nitrogen and oxygen atoms in total. The highest BCUT2D eigenvalue weighted by Crippen LogP contribution is 2.37. The Morgan fingerprint density at radius 1 is 1.33 bits per heavy atom. The number of aromatic amines is 1. The summed E-state index contributed by atoms with van der Waals surface area (Å²) in [6.07, 6.45) is 2.00. The summed E-state index contributed by atoms with van der Waals surface area (Å²) in [5, 5.41) is 30.3. The van der Waals surface area contributed by atoms with Crippen molar-refractivity contribution >= 4 is 5.82 Å². The summed E-state index contributed by atoms with van der Waals surface area (Å²) in [6.45, 7) is -1.40. The van der Waals surface area contributed by atoms with Crippen molar-refractivity contribution in [2.75, 3.05) is 25.1 Å². The van der Waals surface area contributed by atoms with Crippen molar-refractivity contribution < 1.29 is 15.3 Å². The maximum atomic E-state index is 11.5. The molecule has 0 bridgehead atoms. The Morgan fingerprint density at radius 3 is 2.44 bits per heavy atom. The van der Waals surface area contributed by atoms with E-state index in [9.17, 15) is 20.1 Å². The van der Waals surface area contributed by atoms with Crippen LogP contribution >= 0.6 is 0 Å². The van der Waals surface area contributed by atoms with E-state index in [4.69, 9.17) is 0 Å². The van der Waals surface area contributed by atoms with Gasteiger partial charge in [-0.3, -0.25) is 4.79 Å². The molecule has 7 heteroatoms. The molecule has 0 spiro atoms. The van der Waals surface area contributed by atoms with Gasteiger partial charge in [0.25, 0.3) is 5.56 Å². The van der Waals surface area contributed by atoms with Crippen LogP contribution in [0.15, 0.2) is 10.9 Å². The fourth-order valence-electron chi connectivity index (χ4n) is 1.63. The largest absolute Gasteiger partial charge is 0.394 e. The van der Waals surface area contributed by atoms with Crippen LogP contribution < -0.4 is 10.9 Å². The van der Waals surface area contributed by atoms with Gasteiger partial charge in [0.2, 0.25) is 0 Å². The van der Waals surface area contributed by atoms with Crippen LogP contribution in [0.2, 0.25) is 0 Å². The van der Waals surface area contributed by atoms with Crippen molar-refractivity contribution in [1.82, 2.24) is 9.97 Å². The third-order valence-electron chi connectivity index (χ3n) is 3.03. The Morgan fingerprint density at radius 2 is 1.94 bits per heavy atom. The van der Waals surface area contributed by atoms with E-state index in [0.717, 1.165) is 12.8 Å². The van der Waals surface area contributed by atoms with Crippen LogP contribution in [-0.4, -0.2) is 50.6 Å². The average molecular weight is 255 g/mol. The zero-order valence-electron chi connectivity index (χ0n) is 9.89. The van der Waals surface area contributed by atoms with Crippen LogP contribution in [-0.2, 0) is 0 Å². The number of aromatic nitrogens is 2. The number of nitrogens with one attached hydrogen (secondary N) is 2. The predicted molar refractivity (Wildman–Crippen MR) is 64.4 cm³/mol. The predicted octanol–water partition coefficient (Wildman–Crippen LogP) is -1.23. The highest BCUT2D eigenvalue weighted by molar-refractivity contribution is 5.38. The first-order chi connectivity index (χ1) is 8.62. The van der Waals surface area contributed by atoms with E-state index in [1.165, 1.54) is 6.07 Å². The molecule has 0 aliphatic heterocycles. The molecule has 1 aliphatic rings. The lowest BCUT2D eigenvalue weighted by atomic mass is 10.0. The first kappa shape index (κ1) is 13.0. The van der Waals surface area contributed by atoms with Gasteiger partial charge >= 0.3 is 0 Å². The van der Waals surface area contributed by atoms with Gasteiger partial charge in [0, 0.05) is 12.0 Å².